The van der Waals surface area contributed by atoms with E-state index in [0.717, 1.165) is 0 Å². The summed E-state index contributed by atoms with van der Waals surface area (Å²) in [5.41, 5.74) is -1.71. The molecule has 0 aromatic heterocycles. The molecule has 1 aromatic carbocycles. The molecule has 0 N–H and O–H groups in total. The Morgan fingerprint density at radius 2 is 1.67 bits per heavy atom. The van der Waals surface area contributed by atoms with Crippen LogP contribution in [0.4, 0.5) is 4.39 Å². The van der Waals surface area contributed by atoms with Crippen LogP contribution in [0.3, 0.4) is 0 Å². The lowest BCUT2D eigenvalue weighted by molar-refractivity contribution is 0.00578. The molecule has 1 fully saturated rings. The fourth-order valence-corrected chi connectivity index (χ4v) is 2.53. The number of rotatable bonds is 2. The van der Waals surface area contributed by atoms with Gasteiger partial charge in [0.15, 0.2) is 0 Å². The highest BCUT2D eigenvalue weighted by Gasteiger charge is 2.52. The minimum Gasteiger partial charge on any atom is -0.456 e. The molecule has 132 valence electrons. The molecule has 0 spiro atoms. The van der Waals surface area contributed by atoms with Crippen LogP contribution in [-0.2, 0) is 14.0 Å². The lowest BCUT2D eigenvalue weighted by atomic mass is 9.78. The van der Waals surface area contributed by atoms with E-state index in [-0.39, 0.29) is 10.6 Å². The summed E-state index contributed by atoms with van der Waals surface area (Å²) in [6.45, 7) is 12.7. The van der Waals surface area contributed by atoms with Crippen molar-refractivity contribution in [3.63, 3.8) is 0 Å². The number of halogens is 2. The number of benzene rings is 1. The Morgan fingerprint density at radius 3 is 2.08 bits per heavy atom. The Kier molecular flexibility index (Phi) is 4.81. The predicted molar refractivity (Wildman–Crippen MR) is 92.3 cm³/mol. The molecule has 1 aliphatic rings. The lowest BCUT2D eigenvalue weighted by Gasteiger charge is -2.32. The van der Waals surface area contributed by atoms with Crippen LogP contribution < -0.4 is 5.46 Å². The normalized spacial score (nSPS) is 19.5. The highest BCUT2D eigenvalue weighted by atomic mass is 35.5. The van der Waals surface area contributed by atoms with Crippen molar-refractivity contribution in [3.8, 4) is 0 Å². The van der Waals surface area contributed by atoms with E-state index in [1.165, 1.54) is 12.1 Å². The predicted octanol–water partition coefficient (Wildman–Crippen LogP) is 3.73. The summed E-state index contributed by atoms with van der Waals surface area (Å²) >= 11 is 6.13. The Morgan fingerprint density at radius 1 is 1.17 bits per heavy atom. The summed E-state index contributed by atoms with van der Waals surface area (Å²) in [6.07, 6.45) is 0. The van der Waals surface area contributed by atoms with E-state index < -0.39 is 35.7 Å². The van der Waals surface area contributed by atoms with Gasteiger partial charge in [0.25, 0.3) is 0 Å². The fourth-order valence-electron chi connectivity index (χ4n) is 2.23. The van der Waals surface area contributed by atoms with Crippen LogP contribution in [-0.4, -0.2) is 29.9 Å². The molecule has 1 heterocycles. The third kappa shape index (κ3) is 3.76. The molecule has 0 radical (unpaired) electrons. The van der Waals surface area contributed by atoms with E-state index in [9.17, 15) is 9.18 Å². The first-order chi connectivity index (χ1) is 10.7. The maximum Gasteiger partial charge on any atom is 0.494 e. The maximum atomic E-state index is 14.5. The third-order valence-electron chi connectivity index (χ3n) is 4.19. The van der Waals surface area contributed by atoms with Crippen molar-refractivity contribution in [2.45, 2.75) is 65.3 Å². The van der Waals surface area contributed by atoms with Crippen LogP contribution in [0.2, 0.25) is 5.02 Å². The van der Waals surface area contributed by atoms with E-state index in [1.807, 2.05) is 27.7 Å². The summed E-state index contributed by atoms with van der Waals surface area (Å²) in [4.78, 5) is 12.1. The second-order valence-corrected chi connectivity index (χ2v) is 8.36. The summed E-state index contributed by atoms with van der Waals surface area (Å²) in [6, 6.07) is 2.68. The van der Waals surface area contributed by atoms with Gasteiger partial charge in [-0.25, -0.2) is 9.18 Å². The Labute approximate surface area is 147 Å². The number of hydrogen-bond acceptors (Lipinski definition) is 4. The van der Waals surface area contributed by atoms with Gasteiger partial charge in [-0.05, 0) is 66.1 Å². The number of carbonyl (C=O) groups is 1. The van der Waals surface area contributed by atoms with Gasteiger partial charge in [-0.1, -0.05) is 11.6 Å². The van der Waals surface area contributed by atoms with Crippen molar-refractivity contribution in [2.24, 2.45) is 0 Å². The van der Waals surface area contributed by atoms with Crippen molar-refractivity contribution < 1.29 is 23.2 Å². The standard InChI is InChI=1S/C17H23BClFO4/c1-15(2,3)22-14(21)13-11(19)8-10(9-12(13)20)18-23-16(4,5)17(6,7)24-18/h8-9H,1-7H3. The van der Waals surface area contributed by atoms with Crippen LogP contribution >= 0.6 is 11.6 Å². The summed E-state index contributed by atoms with van der Waals surface area (Å²) < 4.78 is 31.4. The molecule has 0 amide bonds. The van der Waals surface area contributed by atoms with Crippen molar-refractivity contribution in [1.29, 1.82) is 0 Å². The van der Waals surface area contributed by atoms with Gasteiger partial charge in [-0.2, -0.15) is 0 Å². The number of esters is 1. The van der Waals surface area contributed by atoms with Gasteiger partial charge in [0.2, 0.25) is 0 Å². The maximum absolute atomic E-state index is 14.5. The molecular weight excluding hydrogens is 333 g/mol. The molecule has 0 saturated carbocycles. The first-order valence-electron chi connectivity index (χ1n) is 7.81. The quantitative estimate of drug-likeness (QED) is 0.598. The van der Waals surface area contributed by atoms with Crippen molar-refractivity contribution in [3.05, 3.63) is 28.5 Å². The van der Waals surface area contributed by atoms with Crippen molar-refractivity contribution in [2.75, 3.05) is 0 Å². The summed E-state index contributed by atoms with van der Waals surface area (Å²) in [5, 5.41) is -0.0334. The molecular formula is C17H23BClFO4. The van der Waals surface area contributed by atoms with Crippen molar-refractivity contribution >= 4 is 30.2 Å². The highest BCUT2D eigenvalue weighted by molar-refractivity contribution is 6.62. The average Bonchev–Trinajstić information content (AvgIpc) is 2.55. The Bertz CT molecular complexity index is 628. The van der Waals surface area contributed by atoms with Crippen LogP contribution in [0.25, 0.3) is 0 Å². The van der Waals surface area contributed by atoms with Gasteiger partial charge >= 0.3 is 13.1 Å². The molecule has 7 heteroatoms. The van der Waals surface area contributed by atoms with Crippen molar-refractivity contribution in [1.82, 2.24) is 0 Å². The van der Waals surface area contributed by atoms with Gasteiger partial charge in [0.05, 0.1) is 16.2 Å². The number of carbonyl (C=O) groups excluding carboxylic acids is 1. The summed E-state index contributed by atoms with van der Waals surface area (Å²) in [5.74, 6) is -1.56. The molecule has 1 aromatic rings. The molecule has 2 rings (SSSR count). The summed E-state index contributed by atoms with van der Waals surface area (Å²) in [7, 11) is -0.755. The minimum absolute atomic E-state index is 0.0334. The molecule has 0 unspecified atom stereocenters. The Hall–Kier alpha value is -1.11. The highest BCUT2D eigenvalue weighted by Crippen LogP contribution is 2.36. The van der Waals surface area contributed by atoms with E-state index in [4.69, 9.17) is 25.6 Å². The second-order valence-electron chi connectivity index (χ2n) is 7.95. The molecule has 0 bridgehead atoms. The first kappa shape index (κ1) is 19.2. The van der Waals surface area contributed by atoms with Gasteiger partial charge < -0.3 is 14.0 Å². The number of hydrogen-bond donors (Lipinski definition) is 0. The molecule has 24 heavy (non-hydrogen) atoms. The van der Waals surface area contributed by atoms with Gasteiger partial charge in [-0.3, -0.25) is 0 Å². The van der Waals surface area contributed by atoms with Crippen LogP contribution in [0.15, 0.2) is 12.1 Å². The average molecular weight is 357 g/mol. The molecule has 0 aliphatic carbocycles. The van der Waals surface area contributed by atoms with E-state index in [2.05, 4.69) is 0 Å². The Balaban J connectivity index is 2.33. The zero-order chi connectivity index (χ0) is 18.5. The molecule has 1 saturated heterocycles. The van der Waals surface area contributed by atoms with Crippen LogP contribution in [0.1, 0.15) is 58.8 Å². The first-order valence-corrected chi connectivity index (χ1v) is 8.19. The number of ether oxygens (including phenoxy) is 1. The second kappa shape index (κ2) is 6.01. The van der Waals surface area contributed by atoms with Crippen LogP contribution in [0.5, 0.6) is 0 Å². The molecule has 0 atom stereocenters. The van der Waals surface area contributed by atoms with Crippen LogP contribution in [0, 0.1) is 5.82 Å². The zero-order valence-electron chi connectivity index (χ0n) is 15.1. The zero-order valence-corrected chi connectivity index (χ0v) is 15.9. The topological polar surface area (TPSA) is 44.8 Å². The fraction of sp³-hybridized carbons (Fsp3) is 0.588. The largest absolute Gasteiger partial charge is 0.494 e. The SMILES string of the molecule is CC(C)(C)OC(=O)c1c(F)cc(B2OC(C)(C)C(C)(C)O2)cc1Cl. The van der Waals surface area contributed by atoms with E-state index >= 15 is 0 Å². The minimum atomic E-state index is -0.800. The van der Waals surface area contributed by atoms with Gasteiger partial charge in [0.1, 0.15) is 17.0 Å². The van der Waals surface area contributed by atoms with Gasteiger partial charge in [0, 0.05) is 0 Å². The molecule has 4 nitrogen and oxygen atoms in total. The van der Waals surface area contributed by atoms with E-state index in [0.29, 0.717) is 5.46 Å². The molecule has 1 aliphatic heterocycles. The monoisotopic (exact) mass is 356 g/mol. The van der Waals surface area contributed by atoms with E-state index in [1.54, 1.807) is 20.8 Å². The third-order valence-corrected chi connectivity index (χ3v) is 4.49. The lowest BCUT2D eigenvalue weighted by Crippen LogP contribution is -2.41. The van der Waals surface area contributed by atoms with Gasteiger partial charge in [-0.15, -0.1) is 0 Å². The smallest absolute Gasteiger partial charge is 0.456 e.